The first-order valence-electron chi connectivity index (χ1n) is 1.21. The third-order valence-corrected chi connectivity index (χ3v) is 0.802. The lowest BCUT2D eigenvalue weighted by Gasteiger charge is -1.79. The molecule has 0 radical (unpaired) electrons. The molecule has 0 aliphatic carbocycles. The molecule has 32 valence electrons. The summed E-state index contributed by atoms with van der Waals surface area (Å²) in [6.07, 6.45) is 0. The summed E-state index contributed by atoms with van der Waals surface area (Å²) in [5.74, 6) is 0. The van der Waals surface area contributed by atoms with E-state index in [0.29, 0.717) is 0 Å². The summed E-state index contributed by atoms with van der Waals surface area (Å²) in [5.41, 5.74) is 0. The highest BCUT2D eigenvalue weighted by Gasteiger charge is 1.70. The fraction of sp³-hybridized carbons (Fsp3) is 1.00. The second-order valence-electron chi connectivity index (χ2n) is 0.502. The fourth-order valence-electron chi connectivity index (χ4n) is 0.0292. The van der Waals surface area contributed by atoms with Crippen molar-refractivity contribution in [2.24, 2.45) is 0 Å². The van der Waals surface area contributed by atoms with Gasteiger partial charge in [-0.3, -0.25) is 0 Å². The number of alkyl halides is 1. The SMILES string of the molecule is BrCCOBr. The molecule has 0 aromatic rings. The van der Waals surface area contributed by atoms with Gasteiger partial charge in [-0.25, -0.2) is 0 Å². The van der Waals surface area contributed by atoms with Crippen molar-refractivity contribution >= 4 is 32.2 Å². The maximum absolute atomic E-state index is 4.46. The Morgan fingerprint density at radius 1 is 1.60 bits per heavy atom. The smallest absolute Gasteiger partial charge is 0.0988 e. The normalized spacial score (nSPS) is 8.40. The van der Waals surface area contributed by atoms with Gasteiger partial charge >= 0.3 is 0 Å². The Morgan fingerprint density at radius 2 is 2.20 bits per heavy atom. The van der Waals surface area contributed by atoms with Crippen LogP contribution in [0.15, 0.2) is 0 Å². The molecule has 0 rings (SSSR count). The molecule has 0 fully saturated rings. The Labute approximate surface area is 48.3 Å². The molecule has 0 aliphatic rings. The largest absolute Gasteiger partial charge is 0.307 e. The minimum atomic E-state index is 0.722. The van der Waals surface area contributed by atoms with Crippen LogP contribution in [-0.2, 0) is 3.83 Å². The zero-order chi connectivity index (χ0) is 4.12. The number of halogens is 2. The molecule has 0 aliphatic heterocycles. The number of hydrogen-bond acceptors (Lipinski definition) is 1. The molecule has 0 aromatic carbocycles. The second-order valence-corrected chi connectivity index (χ2v) is 1.75. The van der Waals surface area contributed by atoms with Gasteiger partial charge in [0.1, 0.15) is 0 Å². The third-order valence-electron chi connectivity index (χ3n) is 0.154. The van der Waals surface area contributed by atoms with E-state index in [4.69, 9.17) is 0 Å². The summed E-state index contributed by atoms with van der Waals surface area (Å²) < 4.78 is 4.46. The van der Waals surface area contributed by atoms with Gasteiger partial charge in [-0.05, 0) is 0 Å². The standard InChI is InChI=1S/C2H4Br2O/c3-1-2-5-4/h1-2H2. The summed E-state index contributed by atoms with van der Waals surface area (Å²) in [5, 5.41) is 0.887. The van der Waals surface area contributed by atoms with Crippen molar-refractivity contribution in [2.45, 2.75) is 0 Å². The Bertz CT molecular complexity index is 15.1. The van der Waals surface area contributed by atoms with E-state index in [2.05, 4.69) is 36.0 Å². The van der Waals surface area contributed by atoms with E-state index < -0.39 is 0 Å². The van der Waals surface area contributed by atoms with Gasteiger partial charge < -0.3 is 3.83 Å². The average molecular weight is 204 g/mol. The van der Waals surface area contributed by atoms with Crippen molar-refractivity contribution in [1.82, 2.24) is 0 Å². The van der Waals surface area contributed by atoms with E-state index in [0.717, 1.165) is 11.9 Å². The van der Waals surface area contributed by atoms with Crippen molar-refractivity contribution in [3.8, 4) is 0 Å². The first-order chi connectivity index (χ1) is 2.41. The van der Waals surface area contributed by atoms with Crippen LogP contribution in [0, 0.1) is 0 Å². The molecule has 3 heteroatoms. The van der Waals surface area contributed by atoms with Crippen LogP contribution in [0.3, 0.4) is 0 Å². The second kappa shape index (κ2) is 4.92. The summed E-state index contributed by atoms with van der Waals surface area (Å²) in [6.45, 7) is 0.722. The lowest BCUT2D eigenvalue weighted by molar-refractivity contribution is 0.432. The molecular formula is C2H4Br2O. The lowest BCUT2D eigenvalue weighted by atomic mass is 10.9. The maximum Gasteiger partial charge on any atom is 0.0988 e. The van der Waals surface area contributed by atoms with E-state index in [9.17, 15) is 0 Å². The highest BCUT2D eigenvalue weighted by molar-refractivity contribution is 9.09. The molecule has 0 amide bonds. The quantitative estimate of drug-likeness (QED) is 0.622. The van der Waals surface area contributed by atoms with Gasteiger partial charge in [0.05, 0.1) is 22.9 Å². The van der Waals surface area contributed by atoms with Crippen molar-refractivity contribution in [1.29, 1.82) is 0 Å². The lowest BCUT2D eigenvalue weighted by Crippen LogP contribution is -1.78. The van der Waals surface area contributed by atoms with Gasteiger partial charge in [0.2, 0.25) is 0 Å². The van der Waals surface area contributed by atoms with Gasteiger partial charge in [-0.15, -0.1) is 0 Å². The van der Waals surface area contributed by atoms with Crippen molar-refractivity contribution < 1.29 is 3.83 Å². The minimum Gasteiger partial charge on any atom is -0.307 e. The van der Waals surface area contributed by atoms with Crippen molar-refractivity contribution in [3.63, 3.8) is 0 Å². The van der Waals surface area contributed by atoms with E-state index in [-0.39, 0.29) is 0 Å². The van der Waals surface area contributed by atoms with E-state index in [1.54, 1.807) is 0 Å². The fourth-order valence-corrected chi connectivity index (χ4v) is 0.787. The Morgan fingerprint density at radius 3 is 2.20 bits per heavy atom. The zero-order valence-corrected chi connectivity index (χ0v) is 5.75. The third kappa shape index (κ3) is 4.92. The Kier molecular flexibility index (Phi) is 5.83. The van der Waals surface area contributed by atoms with Crippen LogP contribution in [0.2, 0.25) is 0 Å². The Hall–Kier alpha value is 0.920. The summed E-state index contributed by atoms with van der Waals surface area (Å²) in [4.78, 5) is 0. The molecule has 0 atom stereocenters. The highest BCUT2D eigenvalue weighted by Crippen LogP contribution is 1.85. The van der Waals surface area contributed by atoms with E-state index in [1.807, 2.05) is 0 Å². The van der Waals surface area contributed by atoms with Gasteiger partial charge in [0.15, 0.2) is 0 Å². The van der Waals surface area contributed by atoms with Gasteiger partial charge in [-0.2, -0.15) is 0 Å². The molecule has 0 spiro atoms. The molecule has 0 unspecified atom stereocenters. The average Bonchev–Trinajstić information content (AvgIpc) is 1.41. The van der Waals surface area contributed by atoms with Crippen LogP contribution in [0.25, 0.3) is 0 Å². The molecule has 0 aromatic heterocycles. The predicted molar refractivity (Wildman–Crippen MR) is 28.7 cm³/mol. The van der Waals surface area contributed by atoms with Crippen LogP contribution < -0.4 is 0 Å². The summed E-state index contributed by atoms with van der Waals surface area (Å²) in [6, 6.07) is 0. The van der Waals surface area contributed by atoms with Crippen molar-refractivity contribution in [2.75, 3.05) is 11.9 Å². The molecule has 0 saturated carbocycles. The van der Waals surface area contributed by atoms with Crippen LogP contribution in [0.5, 0.6) is 0 Å². The molecule has 0 N–H and O–H groups in total. The van der Waals surface area contributed by atoms with Gasteiger partial charge in [0, 0.05) is 5.33 Å². The van der Waals surface area contributed by atoms with Crippen molar-refractivity contribution in [3.05, 3.63) is 0 Å². The predicted octanol–water partition coefficient (Wildman–Crippen LogP) is 1.71. The first kappa shape index (κ1) is 5.92. The number of rotatable bonds is 2. The van der Waals surface area contributed by atoms with Gasteiger partial charge in [0.25, 0.3) is 0 Å². The van der Waals surface area contributed by atoms with Crippen LogP contribution in [0.1, 0.15) is 0 Å². The molecule has 0 bridgehead atoms. The maximum atomic E-state index is 4.46. The van der Waals surface area contributed by atoms with Gasteiger partial charge in [-0.1, -0.05) is 15.9 Å². The summed E-state index contributed by atoms with van der Waals surface area (Å²) >= 11 is 5.93. The number of hydrogen-bond donors (Lipinski definition) is 0. The first-order valence-corrected chi connectivity index (χ1v) is 2.98. The Balaban J connectivity index is 2.19. The monoisotopic (exact) mass is 202 g/mol. The summed E-state index contributed by atoms with van der Waals surface area (Å²) in [7, 11) is 0. The molecular weight excluding hydrogens is 200 g/mol. The molecule has 0 heterocycles. The highest BCUT2D eigenvalue weighted by atomic mass is 79.9. The minimum absolute atomic E-state index is 0.722. The van der Waals surface area contributed by atoms with Crippen LogP contribution >= 0.6 is 32.2 Å². The molecule has 0 saturated heterocycles. The molecule has 5 heavy (non-hydrogen) atoms. The molecule has 1 nitrogen and oxygen atoms in total. The van der Waals surface area contributed by atoms with Crippen LogP contribution in [-0.4, -0.2) is 11.9 Å². The van der Waals surface area contributed by atoms with E-state index in [1.165, 1.54) is 0 Å². The van der Waals surface area contributed by atoms with E-state index >= 15 is 0 Å². The zero-order valence-electron chi connectivity index (χ0n) is 2.58. The van der Waals surface area contributed by atoms with Crippen LogP contribution in [0.4, 0.5) is 0 Å². The topological polar surface area (TPSA) is 9.23 Å².